The number of hydrogen-bond acceptors (Lipinski definition) is 3. The van der Waals surface area contributed by atoms with E-state index in [0.29, 0.717) is 23.1 Å². The molecule has 70 valence electrons. The van der Waals surface area contributed by atoms with E-state index in [1.165, 1.54) is 11.3 Å². The summed E-state index contributed by atoms with van der Waals surface area (Å²) in [7, 11) is 0. The van der Waals surface area contributed by atoms with Crippen LogP contribution in [-0.2, 0) is 4.74 Å². The van der Waals surface area contributed by atoms with Gasteiger partial charge in [0.1, 0.15) is 0 Å². The highest BCUT2D eigenvalue weighted by atomic mass is 35.5. The van der Waals surface area contributed by atoms with E-state index in [9.17, 15) is 4.79 Å². The summed E-state index contributed by atoms with van der Waals surface area (Å²) < 4.78 is 5.16. The van der Waals surface area contributed by atoms with Crippen LogP contribution in [0.5, 0.6) is 0 Å². The lowest BCUT2D eigenvalue weighted by atomic mass is 10.0. The third-order valence-electron chi connectivity index (χ3n) is 2.14. The van der Waals surface area contributed by atoms with Crippen molar-refractivity contribution in [1.29, 1.82) is 0 Å². The zero-order valence-electron chi connectivity index (χ0n) is 6.96. The minimum atomic E-state index is 0.0242. The molecule has 0 aliphatic carbocycles. The summed E-state index contributed by atoms with van der Waals surface area (Å²) in [6, 6.07) is 1.76. The Balaban J connectivity index is 2.17. The van der Waals surface area contributed by atoms with Gasteiger partial charge in [-0.2, -0.15) is 0 Å². The van der Waals surface area contributed by atoms with Crippen molar-refractivity contribution in [3.63, 3.8) is 0 Å². The topological polar surface area (TPSA) is 26.3 Å². The predicted molar refractivity (Wildman–Crippen MR) is 52.6 cm³/mol. The number of hydrogen-bond donors (Lipinski definition) is 0. The minimum Gasteiger partial charge on any atom is -0.381 e. The molecule has 0 spiro atoms. The minimum absolute atomic E-state index is 0.0242. The van der Waals surface area contributed by atoms with Gasteiger partial charge in [0.05, 0.1) is 16.5 Å². The Bertz CT molecular complexity index is 315. The van der Waals surface area contributed by atoms with Gasteiger partial charge >= 0.3 is 0 Å². The van der Waals surface area contributed by atoms with E-state index in [-0.39, 0.29) is 11.7 Å². The van der Waals surface area contributed by atoms with E-state index in [4.69, 9.17) is 16.3 Å². The molecule has 1 saturated heterocycles. The van der Waals surface area contributed by atoms with E-state index in [2.05, 4.69) is 0 Å². The van der Waals surface area contributed by atoms with Gasteiger partial charge in [-0.15, -0.1) is 11.3 Å². The van der Waals surface area contributed by atoms with E-state index in [1.807, 2.05) is 5.38 Å². The zero-order valence-corrected chi connectivity index (χ0v) is 8.53. The average Bonchev–Trinajstić information content (AvgIpc) is 2.72. The Morgan fingerprint density at radius 3 is 3.08 bits per heavy atom. The molecule has 1 unspecified atom stereocenters. The zero-order chi connectivity index (χ0) is 9.26. The molecule has 4 heteroatoms. The second-order valence-electron chi connectivity index (χ2n) is 3.02. The number of carbonyl (C=O) groups is 1. The molecule has 1 aliphatic heterocycles. The summed E-state index contributed by atoms with van der Waals surface area (Å²) in [4.78, 5) is 12.5. The van der Waals surface area contributed by atoms with E-state index >= 15 is 0 Å². The first kappa shape index (κ1) is 9.19. The lowest BCUT2D eigenvalue weighted by Crippen LogP contribution is -2.13. The van der Waals surface area contributed by atoms with Gasteiger partial charge in [0, 0.05) is 12.5 Å². The van der Waals surface area contributed by atoms with Crippen molar-refractivity contribution in [1.82, 2.24) is 0 Å². The van der Waals surface area contributed by atoms with Crippen molar-refractivity contribution in [3.05, 3.63) is 21.3 Å². The van der Waals surface area contributed by atoms with Crippen LogP contribution >= 0.6 is 22.9 Å². The number of halogens is 1. The van der Waals surface area contributed by atoms with Crippen LogP contribution in [0.4, 0.5) is 0 Å². The van der Waals surface area contributed by atoms with Gasteiger partial charge < -0.3 is 4.74 Å². The third-order valence-corrected chi connectivity index (χ3v) is 3.50. The molecule has 0 amide bonds. The fourth-order valence-corrected chi connectivity index (χ4v) is 2.56. The van der Waals surface area contributed by atoms with Crippen molar-refractivity contribution >= 4 is 28.7 Å². The first-order valence-electron chi connectivity index (χ1n) is 4.14. The normalized spacial score (nSPS) is 22.1. The van der Waals surface area contributed by atoms with Crippen LogP contribution in [0.15, 0.2) is 11.4 Å². The maximum Gasteiger partial charge on any atom is 0.179 e. The molecule has 0 saturated carbocycles. The Kier molecular flexibility index (Phi) is 2.67. The molecule has 1 fully saturated rings. The molecular formula is C9H9ClO2S. The number of ketones is 1. The molecule has 13 heavy (non-hydrogen) atoms. The smallest absolute Gasteiger partial charge is 0.179 e. The molecular weight excluding hydrogens is 208 g/mol. The van der Waals surface area contributed by atoms with Crippen LogP contribution in [0.25, 0.3) is 0 Å². The number of ether oxygens (including phenoxy) is 1. The summed E-state index contributed by atoms with van der Waals surface area (Å²) in [5, 5.41) is 2.41. The number of rotatable bonds is 2. The van der Waals surface area contributed by atoms with Gasteiger partial charge in [-0.3, -0.25) is 4.79 Å². The van der Waals surface area contributed by atoms with Crippen LogP contribution < -0.4 is 0 Å². The maximum absolute atomic E-state index is 11.8. The van der Waals surface area contributed by atoms with Gasteiger partial charge in [0.2, 0.25) is 0 Å². The number of thiophene rings is 1. The Morgan fingerprint density at radius 1 is 1.69 bits per heavy atom. The van der Waals surface area contributed by atoms with Crippen LogP contribution in [0.2, 0.25) is 5.02 Å². The van der Waals surface area contributed by atoms with Crippen molar-refractivity contribution in [2.75, 3.05) is 13.2 Å². The number of carbonyl (C=O) groups excluding carboxylic acids is 1. The fraction of sp³-hybridized carbons (Fsp3) is 0.444. The molecule has 0 radical (unpaired) electrons. The second kappa shape index (κ2) is 3.78. The average molecular weight is 217 g/mol. The first-order valence-corrected chi connectivity index (χ1v) is 5.40. The molecule has 2 heterocycles. The van der Waals surface area contributed by atoms with Gasteiger partial charge in [-0.05, 0) is 17.9 Å². The Labute approximate surface area is 85.5 Å². The van der Waals surface area contributed by atoms with Gasteiger partial charge in [-0.1, -0.05) is 11.6 Å². The number of Topliss-reactive ketones (excluding diaryl/α,β-unsaturated/α-hetero) is 1. The predicted octanol–water partition coefficient (Wildman–Crippen LogP) is 2.62. The van der Waals surface area contributed by atoms with Gasteiger partial charge in [0.15, 0.2) is 5.78 Å². The first-order chi connectivity index (χ1) is 6.29. The van der Waals surface area contributed by atoms with Gasteiger partial charge in [0.25, 0.3) is 0 Å². The summed E-state index contributed by atoms with van der Waals surface area (Å²) >= 11 is 7.27. The molecule has 1 atom stereocenters. The Hall–Kier alpha value is -0.380. The van der Waals surface area contributed by atoms with Crippen molar-refractivity contribution in [2.24, 2.45) is 5.92 Å². The third kappa shape index (κ3) is 1.77. The SMILES string of the molecule is O=C(c1sccc1Cl)C1CCOC1. The molecule has 1 aliphatic rings. The summed E-state index contributed by atoms with van der Waals surface area (Å²) in [5.74, 6) is 0.161. The van der Waals surface area contributed by atoms with Crippen molar-refractivity contribution in [2.45, 2.75) is 6.42 Å². The van der Waals surface area contributed by atoms with E-state index in [0.717, 1.165) is 6.42 Å². The molecule has 2 rings (SSSR count). The molecule has 0 aromatic carbocycles. The second-order valence-corrected chi connectivity index (χ2v) is 4.35. The van der Waals surface area contributed by atoms with Crippen molar-refractivity contribution in [3.8, 4) is 0 Å². The molecule has 0 bridgehead atoms. The van der Waals surface area contributed by atoms with Crippen molar-refractivity contribution < 1.29 is 9.53 Å². The lowest BCUT2D eigenvalue weighted by Gasteiger charge is -2.03. The summed E-state index contributed by atoms with van der Waals surface area (Å²) in [6.45, 7) is 1.24. The van der Waals surface area contributed by atoms with Crippen LogP contribution in [0, 0.1) is 5.92 Å². The van der Waals surface area contributed by atoms with Crippen LogP contribution in [-0.4, -0.2) is 19.0 Å². The highest BCUT2D eigenvalue weighted by Gasteiger charge is 2.26. The molecule has 0 N–H and O–H groups in total. The quantitative estimate of drug-likeness (QED) is 0.711. The lowest BCUT2D eigenvalue weighted by molar-refractivity contribution is 0.0904. The molecule has 1 aromatic heterocycles. The summed E-state index contributed by atoms with van der Waals surface area (Å²) in [5.41, 5.74) is 0. The monoisotopic (exact) mass is 216 g/mol. The Morgan fingerprint density at radius 2 is 2.54 bits per heavy atom. The van der Waals surface area contributed by atoms with E-state index < -0.39 is 0 Å². The maximum atomic E-state index is 11.8. The highest BCUT2D eigenvalue weighted by Crippen LogP contribution is 2.27. The largest absolute Gasteiger partial charge is 0.381 e. The van der Waals surface area contributed by atoms with Crippen LogP contribution in [0.1, 0.15) is 16.1 Å². The fourth-order valence-electron chi connectivity index (χ4n) is 1.40. The molecule has 2 nitrogen and oxygen atoms in total. The summed E-state index contributed by atoms with van der Waals surface area (Å²) in [6.07, 6.45) is 0.826. The molecule has 1 aromatic rings. The van der Waals surface area contributed by atoms with E-state index in [1.54, 1.807) is 6.07 Å². The van der Waals surface area contributed by atoms with Crippen LogP contribution in [0.3, 0.4) is 0 Å². The van der Waals surface area contributed by atoms with Gasteiger partial charge in [-0.25, -0.2) is 0 Å². The highest BCUT2D eigenvalue weighted by molar-refractivity contribution is 7.12. The standard InChI is InChI=1S/C9H9ClO2S/c10-7-2-4-13-9(7)8(11)6-1-3-12-5-6/h2,4,6H,1,3,5H2.